The molecule has 1 aromatic rings. The van der Waals surface area contributed by atoms with Crippen LogP contribution in [0.3, 0.4) is 0 Å². The van der Waals surface area contributed by atoms with E-state index in [1.165, 1.54) is 16.9 Å². The van der Waals surface area contributed by atoms with Gasteiger partial charge in [0.25, 0.3) is 0 Å². The molecule has 86 valence electrons. The lowest BCUT2D eigenvalue weighted by Gasteiger charge is -2.08. The number of hydrogen-bond acceptors (Lipinski definition) is 3. The van der Waals surface area contributed by atoms with E-state index in [0.717, 1.165) is 22.1 Å². The van der Waals surface area contributed by atoms with Gasteiger partial charge in [-0.05, 0) is 25.0 Å². The second kappa shape index (κ2) is 5.51. The monoisotopic (exact) mass is 243 g/mol. The first-order valence-corrected chi connectivity index (χ1v) is 6.21. The van der Waals surface area contributed by atoms with Gasteiger partial charge >= 0.3 is 0 Å². The van der Waals surface area contributed by atoms with E-state index in [1.54, 1.807) is 6.20 Å². The average Bonchev–Trinajstić information content (AvgIpc) is 3.00. The highest BCUT2D eigenvalue weighted by atomic mass is 32.1. The Balaban J connectivity index is 2.00. The van der Waals surface area contributed by atoms with Gasteiger partial charge in [-0.2, -0.15) is 0 Å². The van der Waals surface area contributed by atoms with E-state index in [4.69, 9.17) is 11.2 Å². The van der Waals surface area contributed by atoms with Gasteiger partial charge in [-0.1, -0.05) is 24.1 Å². The highest BCUT2D eigenvalue weighted by molar-refractivity contribution is 7.13. The van der Waals surface area contributed by atoms with Gasteiger partial charge in [0.2, 0.25) is 0 Å². The van der Waals surface area contributed by atoms with Crippen LogP contribution in [0.2, 0.25) is 0 Å². The number of ether oxygens (including phenoxy) is 1. The molecule has 17 heavy (non-hydrogen) atoms. The zero-order chi connectivity index (χ0) is 12.1. The first kappa shape index (κ1) is 11.7. The Morgan fingerprint density at radius 1 is 1.71 bits per heavy atom. The Kier molecular flexibility index (Phi) is 3.79. The predicted octanol–water partition coefficient (Wildman–Crippen LogP) is 3.39. The lowest BCUT2D eigenvalue weighted by atomic mass is 10.2. The molecule has 1 aromatic heterocycles. The zero-order valence-corrected chi connectivity index (χ0v) is 10.5. The third kappa shape index (κ3) is 2.86. The maximum absolute atomic E-state index is 5.75. The summed E-state index contributed by atoms with van der Waals surface area (Å²) in [7, 11) is 0. The molecule has 1 aliphatic carbocycles. The topological polar surface area (TPSA) is 22.1 Å². The summed E-state index contributed by atoms with van der Waals surface area (Å²) in [5.74, 6) is 3.37. The predicted molar refractivity (Wildman–Crippen MR) is 71.5 cm³/mol. The van der Waals surface area contributed by atoms with Crippen molar-refractivity contribution >= 4 is 17.1 Å². The Bertz CT molecular complexity index is 529. The van der Waals surface area contributed by atoms with E-state index in [-0.39, 0.29) is 0 Å². The van der Waals surface area contributed by atoms with Crippen LogP contribution in [0.25, 0.3) is 5.76 Å². The molecule has 0 aliphatic heterocycles. The summed E-state index contributed by atoms with van der Waals surface area (Å²) in [5, 5.41) is 0.840. The Morgan fingerprint density at radius 3 is 3.18 bits per heavy atom. The van der Waals surface area contributed by atoms with Gasteiger partial charge in [0.15, 0.2) is 10.8 Å². The van der Waals surface area contributed by atoms with Crippen LogP contribution in [0.15, 0.2) is 36.1 Å². The average molecular weight is 243 g/mol. The number of hydrogen-bond donors (Lipinski definition) is 0. The molecule has 0 amide bonds. The summed E-state index contributed by atoms with van der Waals surface area (Å²) >= 11 is 1.47. The lowest BCUT2D eigenvalue weighted by Crippen LogP contribution is -1.96. The van der Waals surface area contributed by atoms with E-state index in [1.807, 2.05) is 19.1 Å². The van der Waals surface area contributed by atoms with Crippen molar-refractivity contribution in [2.24, 2.45) is 0 Å². The standard InChI is InChI=1S/C14H13NOS/c1-3-12-9-15-14(17-12)13(4-2)16-10-11-7-5-6-8-11/h1,4-7,9H,8,10H2,2H3/b13-4-. The smallest absolute Gasteiger partial charge is 0.159 e. The Morgan fingerprint density at radius 2 is 2.59 bits per heavy atom. The van der Waals surface area contributed by atoms with E-state index in [9.17, 15) is 0 Å². The minimum atomic E-state index is 0.609. The molecule has 0 saturated carbocycles. The van der Waals surface area contributed by atoms with Gasteiger partial charge in [-0.15, -0.1) is 17.8 Å². The van der Waals surface area contributed by atoms with Crippen molar-refractivity contribution in [1.29, 1.82) is 0 Å². The number of allylic oxidation sites excluding steroid dienone is 4. The Hall–Kier alpha value is -1.79. The molecule has 0 saturated heterocycles. The fraction of sp³-hybridized carbons (Fsp3) is 0.214. The highest BCUT2D eigenvalue weighted by Gasteiger charge is 2.08. The second-order valence-electron chi connectivity index (χ2n) is 3.57. The first-order chi connectivity index (χ1) is 8.33. The molecule has 1 heterocycles. The van der Waals surface area contributed by atoms with Crippen molar-refractivity contribution in [3.8, 4) is 12.3 Å². The minimum absolute atomic E-state index is 0.609. The van der Waals surface area contributed by atoms with Gasteiger partial charge in [0, 0.05) is 0 Å². The molecule has 0 N–H and O–H groups in total. The molecule has 1 aliphatic rings. The number of terminal acetylenes is 1. The van der Waals surface area contributed by atoms with Crippen LogP contribution >= 0.6 is 11.3 Å². The van der Waals surface area contributed by atoms with Crippen molar-refractivity contribution in [2.75, 3.05) is 6.61 Å². The molecule has 0 fully saturated rings. The fourth-order valence-corrected chi connectivity index (χ4v) is 2.25. The number of rotatable bonds is 4. The quantitative estimate of drug-likeness (QED) is 0.597. The summed E-state index contributed by atoms with van der Waals surface area (Å²) < 4.78 is 5.75. The van der Waals surface area contributed by atoms with Crippen LogP contribution in [-0.2, 0) is 4.74 Å². The van der Waals surface area contributed by atoms with E-state index in [0.29, 0.717) is 6.61 Å². The van der Waals surface area contributed by atoms with Crippen molar-refractivity contribution in [1.82, 2.24) is 4.98 Å². The van der Waals surface area contributed by atoms with Crippen molar-refractivity contribution in [2.45, 2.75) is 13.3 Å². The van der Waals surface area contributed by atoms with Crippen LogP contribution in [0.5, 0.6) is 0 Å². The largest absolute Gasteiger partial charge is 0.486 e. The molecule has 0 aromatic carbocycles. The van der Waals surface area contributed by atoms with Crippen LogP contribution in [0.1, 0.15) is 23.2 Å². The van der Waals surface area contributed by atoms with Gasteiger partial charge in [-0.3, -0.25) is 0 Å². The molecule has 3 heteroatoms. The summed E-state index contributed by atoms with van der Waals surface area (Å²) in [6.45, 7) is 2.55. The maximum Gasteiger partial charge on any atom is 0.159 e. The Labute approximate surface area is 105 Å². The number of thiazole rings is 1. The minimum Gasteiger partial charge on any atom is -0.486 e. The van der Waals surface area contributed by atoms with E-state index < -0.39 is 0 Å². The number of aromatic nitrogens is 1. The summed E-state index contributed by atoms with van der Waals surface area (Å²) in [4.78, 5) is 5.07. The second-order valence-corrected chi connectivity index (χ2v) is 4.60. The molecule has 0 atom stereocenters. The highest BCUT2D eigenvalue weighted by Crippen LogP contribution is 2.23. The first-order valence-electron chi connectivity index (χ1n) is 5.40. The van der Waals surface area contributed by atoms with Gasteiger partial charge in [-0.25, -0.2) is 4.98 Å². The van der Waals surface area contributed by atoms with E-state index in [2.05, 4.69) is 23.1 Å². The fourth-order valence-electron chi connectivity index (χ4n) is 1.49. The van der Waals surface area contributed by atoms with Crippen LogP contribution in [-0.4, -0.2) is 11.6 Å². The van der Waals surface area contributed by atoms with Gasteiger partial charge in [0.05, 0.1) is 11.1 Å². The van der Waals surface area contributed by atoms with Gasteiger partial charge in [0.1, 0.15) is 6.61 Å². The third-order valence-electron chi connectivity index (χ3n) is 2.38. The van der Waals surface area contributed by atoms with Crippen LogP contribution in [0, 0.1) is 12.3 Å². The summed E-state index contributed by atoms with van der Waals surface area (Å²) in [5.41, 5.74) is 1.28. The third-order valence-corrected chi connectivity index (χ3v) is 3.33. The number of nitrogens with zero attached hydrogens (tertiary/aromatic N) is 1. The van der Waals surface area contributed by atoms with Crippen molar-refractivity contribution < 1.29 is 4.74 Å². The van der Waals surface area contributed by atoms with E-state index >= 15 is 0 Å². The normalized spacial score (nSPS) is 14.6. The SMILES string of the molecule is C#Cc1cnc(/C(=C/C)OCC2=CC=CC2)s1. The molecule has 0 unspecified atom stereocenters. The van der Waals surface area contributed by atoms with Gasteiger partial charge < -0.3 is 4.74 Å². The summed E-state index contributed by atoms with van der Waals surface area (Å²) in [6.07, 6.45) is 16.2. The summed E-state index contributed by atoms with van der Waals surface area (Å²) in [6, 6.07) is 0. The van der Waals surface area contributed by atoms with Crippen LogP contribution < -0.4 is 0 Å². The van der Waals surface area contributed by atoms with Crippen LogP contribution in [0.4, 0.5) is 0 Å². The molecular weight excluding hydrogens is 230 g/mol. The van der Waals surface area contributed by atoms with Crippen molar-refractivity contribution in [3.63, 3.8) is 0 Å². The lowest BCUT2D eigenvalue weighted by molar-refractivity contribution is 0.307. The molecule has 0 spiro atoms. The molecular formula is C14H13NOS. The van der Waals surface area contributed by atoms with Crippen molar-refractivity contribution in [3.05, 3.63) is 46.0 Å². The molecule has 0 bridgehead atoms. The molecule has 2 nitrogen and oxygen atoms in total. The zero-order valence-electron chi connectivity index (χ0n) is 9.64. The molecule has 2 rings (SSSR count). The molecule has 0 radical (unpaired) electrons. The maximum atomic E-state index is 5.75.